The van der Waals surface area contributed by atoms with Gasteiger partial charge >= 0.3 is 0 Å². The van der Waals surface area contributed by atoms with Gasteiger partial charge in [-0.25, -0.2) is 0 Å². The maximum atomic E-state index is 12.4. The molecule has 0 fully saturated rings. The molecular weight excluding hydrogens is 292 g/mol. The number of rotatable bonds is 1. The van der Waals surface area contributed by atoms with Crippen LogP contribution in [0.3, 0.4) is 0 Å². The zero-order valence-corrected chi connectivity index (χ0v) is 13.2. The number of hydrogen-bond acceptors (Lipinski definition) is 3. The Labute approximate surface area is 132 Å². The maximum absolute atomic E-state index is 12.4. The van der Waals surface area contributed by atoms with Gasteiger partial charge in [0.25, 0.3) is 5.56 Å². The average molecular weight is 308 g/mol. The first kappa shape index (κ1) is 13.5. The molecule has 3 aromatic rings. The molecule has 0 unspecified atom stereocenters. The van der Waals surface area contributed by atoms with E-state index in [9.17, 15) is 4.79 Å². The second kappa shape index (κ2) is 5.21. The SMILES string of the molecule is Cc1ccc(-n2nc3c(cc2=O)CCCc2sccc2-3)cc1. The van der Waals surface area contributed by atoms with E-state index in [4.69, 9.17) is 5.10 Å². The first-order chi connectivity index (χ1) is 10.7. The van der Waals surface area contributed by atoms with Gasteiger partial charge in [0, 0.05) is 16.5 Å². The molecule has 0 N–H and O–H groups in total. The lowest BCUT2D eigenvalue weighted by Gasteiger charge is -2.10. The molecule has 4 rings (SSSR count). The zero-order valence-electron chi connectivity index (χ0n) is 12.4. The molecule has 0 bridgehead atoms. The van der Waals surface area contributed by atoms with E-state index >= 15 is 0 Å². The molecule has 110 valence electrons. The monoisotopic (exact) mass is 308 g/mol. The van der Waals surface area contributed by atoms with E-state index in [0.29, 0.717) is 0 Å². The van der Waals surface area contributed by atoms with Crippen molar-refractivity contribution in [3.8, 4) is 16.9 Å². The van der Waals surface area contributed by atoms with Crippen LogP contribution in [0.25, 0.3) is 16.9 Å². The highest BCUT2D eigenvalue weighted by molar-refractivity contribution is 7.10. The fraction of sp³-hybridized carbons (Fsp3) is 0.222. The molecule has 1 aliphatic rings. The van der Waals surface area contributed by atoms with Gasteiger partial charge in [0.05, 0.1) is 11.4 Å². The molecule has 2 aromatic heterocycles. The molecule has 3 nitrogen and oxygen atoms in total. The molecule has 4 heteroatoms. The van der Waals surface area contributed by atoms with Crippen LogP contribution < -0.4 is 5.56 Å². The minimum Gasteiger partial charge on any atom is -0.267 e. The van der Waals surface area contributed by atoms with Crippen molar-refractivity contribution in [1.82, 2.24) is 9.78 Å². The third kappa shape index (κ3) is 2.20. The Morgan fingerprint density at radius 2 is 1.95 bits per heavy atom. The summed E-state index contributed by atoms with van der Waals surface area (Å²) in [5, 5.41) is 6.81. The molecular formula is C18H16N2OS. The molecule has 0 atom stereocenters. The Morgan fingerprint density at radius 3 is 2.77 bits per heavy atom. The van der Waals surface area contributed by atoms with Crippen LogP contribution in [0.1, 0.15) is 22.4 Å². The zero-order chi connectivity index (χ0) is 15.1. The van der Waals surface area contributed by atoms with Gasteiger partial charge in [0.15, 0.2) is 0 Å². The van der Waals surface area contributed by atoms with Crippen molar-refractivity contribution >= 4 is 11.3 Å². The van der Waals surface area contributed by atoms with Crippen molar-refractivity contribution < 1.29 is 0 Å². The Balaban J connectivity index is 1.94. The van der Waals surface area contributed by atoms with Gasteiger partial charge in [-0.05, 0) is 55.3 Å². The molecule has 22 heavy (non-hydrogen) atoms. The molecule has 0 saturated carbocycles. The highest BCUT2D eigenvalue weighted by Crippen LogP contribution is 2.33. The quantitative estimate of drug-likeness (QED) is 0.686. The average Bonchev–Trinajstić information content (AvgIpc) is 2.91. The van der Waals surface area contributed by atoms with Gasteiger partial charge in [-0.3, -0.25) is 4.79 Å². The molecule has 0 spiro atoms. The van der Waals surface area contributed by atoms with Gasteiger partial charge in [0.2, 0.25) is 0 Å². The van der Waals surface area contributed by atoms with Crippen LogP contribution in [0, 0.1) is 6.92 Å². The van der Waals surface area contributed by atoms with Crippen LogP contribution in [-0.4, -0.2) is 9.78 Å². The highest BCUT2D eigenvalue weighted by atomic mass is 32.1. The van der Waals surface area contributed by atoms with Crippen LogP contribution in [0.4, 0.5) is 0 Å². The van der Waals surface area contributed by atoms with E-state index in [1.807, 2.05) is 31.2 Å². The Hall–Kier alpha value is -2.20. The Morgan fingerprint density at radius 1 is 1.14 bits per heavy atom. The number of hydrogen-bond donors (Lipinski definition) is 0. The van der Waals surface area contributed by atoms with Crippen molar-refractivity contribution in [2.24, 2.45) is 0 Å². The predicted octanol–water partition coefficient (Wildman–Crippen LogP) is 3.76. The van der Waals surface area contributed by atoms with Crippen LogP contribution in [-0.2, 0) is 12.8 Å². The molecule has 2 heterocycles. The van der Waals surface area contributed by atoms with Crippen molar-refractivity contribution in [2.45, 2.75) is 26.2 Å². The molecule has 1 aliphatic carbocycles. The van der Waals surface area contributed by atoms with Crippen molar-refractivity contribution in [1.29, 1.82) is 0 Å². The topological polar surface area (TPSA) is 34.9 Å². The minimum absolute atomic E-state index is 0.0544. The van der Waals surface area contributed by atoms with Crippen molar-refractivity contribution in [3.63, 3.8) is 0 Å². The third-order valence-corrected chi connectivity index (χ3v) is 5.12. The Bertz CT molecular complexity index is 890. The molecule has 1 aromatic carbocycles. The van der Waals surface area contributed by atoms with Crippen molar-refractivity contribution in [3.05, 3.63) is 68.1 Å². The smallest absolute Gasteiger partial charge is 0.267 e. The Kier molecular flexibility index (Phi) is 3.19. The van der Waals surface area contributed by atoms with Gasteiger partial charge < -0.3 is 0 Å². The second-order valence-electron chi connectivity index (χ2n) is 5.71. The molecule has 0 amide bonds. The van der Waals surface area contributed by atoms with Gasteiger partial charge in [0.1, 0.15) is 0 Å². The fourth-order valence-electron chi connectivity index (χ4n) is 2.97. The summed E-state index contributed by atoms with van der Waals surface area (Å²) in [5.41, 5.74) is 5.17. The molecule has 0 aliphatic heterocycles. The third-order valence-electron chi connectivity index (χ3n) is 4.14. The summed E-state index contributed by atoms with van der Waals surface area (Å²) in [5.74, 6) is 0. The summed E-state index contributed by atoms with van der Waals surface area (Å²) >= 11 is 1.78. The maximum Gasteiger partial charge on any atom is 0.271 e. The van der Waals surface area contributed by atoms with Gasteiger partial charge in [-0.15, -0.1) is 11.3 Å². The van der Waals surface area contributed by atoms with E-state index in [1.165, 1.54) is 20.7 Å². The van der Waals surface area contributed by atoms with Crippen LogP contribution in [0.5, 0.6) is 0 Å². The van der Waals surface area contributed by atoms with E-state index in [1.54, 1.807) is 17.4 Å². The lowest BCUT2D eigenvalue weighted by molar-refractivity contribution is 0.786. The predicted molar refractivity (Wildman–Crippen MR) is 89.9 cm³/mol. The van der Waals surface area contributed by atoms with Crippen LogP contribution >= 0.6 is 11.3 Å². The van der Waals surface area contributed by atoms with E-state index in [0.717, 1.165) is 36.2 Å². The summed E-state index contributed by atoms with van der Waals surface area (Å²) in [6, 6.07) is 11.8. The lowest BCUT2D eigenvalue weighted by Crippen LogP contribution is -2.22. The number of benzene rings is 1. The molecule has 0 radical (unpaired) electrons. The summed E-state index contributed by atoms with van der Waals surface area (Å²) < 4.78 is 1.52. The normalized spacial score (nSPS) is 13.3. The van der Waals surface area contributed by atoms with Crippen molar-refractivity contribution in [2.75, 3.05) is 0 Å². The van der Waals surface area contributed by atoms with Crippen LogP contribution in [0.15, 0.2) is 46.6 Å². The first-order valence-corrected chi connectivity index (χ1v) is 8.37. The first-order valence-electron chi connectivity index (χ1n) is 7.49. The fourth-order valence-corrected chi connectivity index (χ4v) is 3.89. The molecule has 0 saturated heterocycles. The van der Waals surface area contributed by atoms with Gasteiger partial charge in [-0.1, -0.05) is 17.7 Å². The van der Waals surface area contributed by atoms with Gasteiger partial charge in [-0.2, -0.15) is 9.78 Å². The largest absolute Gasteiger partial charge is 0.271 e. The van der Waals surface area contributed by atoms with Crippen LogP contribution in [0.2, 0.25) is 0 Å². The lowest BCUT2D eigenvalue weighted by atomic mass is 10.1. The minimum atomic E-state index is -0.0544. The standard InChI is InChI=1S/C18H16N2OS/c1-12-5-7-14(8-6-12)20-17(21)11-13-3-2-4-16-15(9-10-22-16)18(13)19-20/h5-11H,2-4H2,1H3. The number of aromatic nitrogens is 2. The van der Waals surface area contributed by atoms with E-state index < -0.39 is 0 Å². The number of nitrogens with zero attached hydrogens (tertiary/aromatic N) is 2. The summed E-state index contributed by atoms with van der Waals surface area (Å²) in [7, 11) is 0. The highest BCUT2D eigenvalue weighted by Gasteiger charge is 2.19. The van der Waals surface area contributed by atoms with E-state index in [-0.39, 0.29) is 5.56 Å². The summed E-state index contributed by atoms with van der Waals surface area (Å²) in [4.78, 5) is 13.8. The summed E-state index contributed by atoms with van der Waals surface area (Å²) in [6.07, 6.45) is 3.08. The summed E-state index contributed by atoms with van der Waals surface area (Å²) in [6.45, 7) is 2.04. The van der Waals surface area contributed by atoms with E-state index in [2.05, 4.69) is 11.4 Å². The second-order valence-corrected chi connectivity index (χ2v) is 6.72. The number of thiophene rings is 1. The number of aryl methyl sites for hydroxylation is 3. The number of fused-ring (bicyclic) bond motifs is 3.